The van der Waals surface area contributed by atoms with Crippen LogP contribution in [0.5, 0.6) is 11.8 Å². The number of amides is 1. The molecule has 1 fully saturated rings. The highest BCUT2D eigenvalue weighted by Crippen LogP contribution is 2.30. The monoisotopic (exact) mass is 474 g/mol. The number of carbonyl (C=O) groups excluding carboxylic acids is 1. The SMILES string of the molecule is COc1cnc(C(=O)N2CCN(c3cc(-c4n[nH]c5cnc(OC(C)C)cc45)ccn3)CC2)cn1. The maximum Gasteiger partial charge on any atom is 0.274 e. The number of methoxy groups -OCH3 is 1. The van der Waals surface area contributed by atoms with Gasteiger partial charge in [-0.05, 0) is 26.0 Å². The molecule has 0 saturated carbocycles. The number of rotatable bonds is 6. The van der Waals surface area contributed by atoms with Crippen LogP contribution in [0.4, 0.5) is 5.82 Å². The quantitative estimate of drug-likeness (QED) is 0.449. The maximum atomic E-state index is 12.8. The van der Waals surface area contributed by atoms with Crippen LogP contribution in [0.1, 0.15) is 24.3 Å². The number of fused-ring (bicyclic) bond motifs is 1. The Morgan fingerprint density at radius 1 is 1.00 bits per heavy atom. The van der Waals surface area contributed by atoms with E-state index in [1.165, 1.54) is 19.5 Å². The molecule has 11 nitrogen and oxygen atoms in total. The fraction of sp³-hybridized carbons (Fsp3) is 0.333. The van der Waals surface area contributed by atoms with Gasteiger partial charge in [0.1, 0.15) is 17.2 Å². The highest BCUT2D eigenvalue weighted by Gasteiger charge is 2.24. The molecule has 4 aromatic rings. The van der Waals surface area contributed by atoms with E-state index < -0.39 is 0 Å². The van der Waals surface area contributed by atoms with Crippen LogP contribution in [-0.4, -0.2) is 80.3 Å². The number of hydrogen-bond donors (Lipinski definition) is 1. The van der Waals surface area contributed by atoms with E-state index in [4.69, 9.17) is 9.47 Å². The average molecular weight is 475 g/mol. The molecular formula is C24H26N8O3. The smallest absolute Gasteiger partial charge is 0.274 e. The molecule has 1 N–H and O–H groups in total. The minimum absolute atomic E-state index is 0.0325. The molecule has 0 atom stereocenters. The Morgan fingerprint density at radius 3 is 2.51 bits per heavy atom. The molecule has 0 aromatic carbocycles. The van der Waals surface area contributed by atoms with Gasteiger partial charge in [-0.2, -0.15) is 5.10 Å². The number of aromatic nitrogens is 6. The van der Waals surface area contributed by atoms with E-state index in [1.54, 1.807) is 17.3 Å². The van der Waals surface area contributed by atoms with Crippen molar-refractivity contribution in [2.45, 2.75) is 20.0 Å². The van der Waals surface area contributed by atoms with Crippen molar-refractivity contribution in [2.75, 3.05) is 38.2 Å². The number of H-pyrrole nitrogens is 1. The second-order valence-electron chi connectivity index (χ2n) is 8.43. The number of carbonyl (C=O) groups is 1. The summed E-state index contributed by atoms with van der Waals surface area (Å²) in [7, 11) is 1.51. The summed E-state index contributed by atoms with van der Waals surface area (Å²) in [5.74, 6) is 1.63. The fourth-order valence-corrected chi connectivity index (χ4v) is 3.99. The normalized spacial score (nSPS) is 13.9. The number of ether oxygens (including phenoxy) is 2. The highest BCUT2D eigenvalue weighted by molar-refractivity contribution is 5.93. The predicted octanol–water partition coefficient (Wildman–Crippen LogP) is 2.57. The number of nitrogens with zero attached hydrogens (tertiary/aromatic N) is 7. The zero-order chi connectivity index (χ0) is 24.4. The van der Waals surface area contributed by atoms with Gasteiger partial charge in [-0.15, -0.1) is 0 Å². The Bertz CT molecular complexity index is 1330. The van der Waals surface area contributed by atoms with E-state index in [1.807, 2.05) is 32.0 Å². The van der Waals surface area contributed by atoms with Gasteiger partial charge in [0, 0.05) is 49.4 Å². The minimum Gasteiger partial charge on any atom is -0.480 e. The van der Waals surface area contributed by atoms with Crippen molar-refractivity contribution >= 4 is 22.6 Å². The number of aromatic amines is 1. The van der Waals surface area contributed by atoms with Crippen molar-refractivity contribution in [3.8, 4) is 23.0 Å². The molecule has 0 bridgehead atoms. The Morgan fingerprint density at radius 2 is 1.80 bits per heavy atom. The first-order chi connectivity index (χ1) is 17.0. The first kappa shape index (κ1) is 22.5. The zero-order valence-electron chi connectivity index (χ0n) is 19.8. The Labute approximate surface area is 202 Å². The van der Waals surface area contributed by atoms with Gasteiger partial charge in [-0.1, -0.05) is 0 Å². The molecule has 180 valence electrons. The van der Waals surface area contributed by atoms with Crippen molar-refractivity contribution in [3.05, 3.63) is 48.7 Å². The topological polar surface area (TPSA) is 122 Å². The molecule has 5 heterocycles. The summed E-state index contributed by atoms with van der Waals surface area (Å²) in [4.78, 5) is 33.9. The second kappa shape index (κ2) is 9.53. The van der Waals surface area contributed by atoms with Crippen LogP contribution in [0.25, 0.3) is 22.2 Å². The van der Waals surface area contributed by atoms with Crippen molar-refractivity contribution in [1.82, 2.24) is 35.0 Å². The molecule has 0 unspecified atom stereocenters. The van der Waals surface area contributed by atoms with E-state index in [-0.39, 0.29) is 12.0 Å². The lowest BCUT2D eigenvalue weighted by atomic mass is 10.1. The molecule has 1 aliphatic heterocycles. The highest BCUT2D eigenvalue weighted by atomic mass is 16.5. The molecule has 4 aromatic heterocycles. The number of piperazine rings is 1. The number of pyridine rings is 2. The van der Waals surface area contributed by atoms with E-state index in [2.05, 4.69) is 35.0 Å². The summed E-state index contributed by atoms with van der Waals surface area (Å²) in [6.45, 7) is 6.37. The summed E-state index contributed by atoms with van der Waals surface area (Å²) in [5.41, 5.74) is 2.89. The summed E-state index contributed by atoms with van der Waals surface area (Å²) in [6.07, 6.45) is 6.44. The molecule has 11 heteroatoms. The molecule has 35 heavy (non-hydrogen) atoms. The fourth-order valence-electron chi connectivity index (χ4n) is 3.99. The Hall–Kier alpha value is -4.28. The minimum atomic E-state index is -0.141. The van der Waals surface area contributed by atoms with Crippen molar-refractivity contribution in [1.29, 1.82) is 0 Å². The van der Waals surface area contributed by atoms with Gasteiger partial charge in [0.2, 0.25) is 11.8 Å². The lowest BCUT2D eigenvalue weighted by molar-refractivity contribution is 0.0740. The van der Waals surface area contributed by atoms with Crippen LogP contribution < -0.4 is 14.4 Å². The van der Waals surface area contributed by atoms with Crippen LogP contribution in [0.3, 0.4) is 0 Å². The Balaban J connectivity index is 1.31. The summed E-state index contributed by atoms with van der Waals surface area (Å²) in [6, 6.07) is 5.86. The lowest BCUT2D eigenvalue weighted by Gasteiger charge is -2.35. The van der Waals surface area contributed by atoms with Gasteiger partial charge in [0.15, 0.2) is 0 Å². The number of nitrogens with one attached hydrogen (secondary N) is 1. The van der Waals surface area contributed by atoms with Crippen LogP contribution in [0.2, 0.25) is 0 Å². The third-order valence-corrected chi connectivity index (χ3v) is 5.74. The molecule has 0 radical (unpaired) electrons. The van der Waals surface area contributed by atoms with Gasteiger partial charge in [0.25, 0.3) is 5.91 Å². The van der Waals surface area contributed by atoms with Gasteiger partial charge >= 0.3 is 0 Å². The molecule has 1 aliphatic rings. The van der Waals surface area contributed by atoms with Crippen LogP contribution in [0.15, 0.2) is 43.0 Å². The van der Waals surface area contributed by atoms with Crippen LogP contribution >= 0.6 is 0 Å². The summed E-state index contributed by atoms with van der Waals surface area (Å²) in [5, 5.41) is 8.49. The van der Waals surface area contributed by atoms with Crippen LogP contribution in [-0.2, 0) is 0 Å². The van der Waals surface area contributed by atoms with Gasteiger partial charge in [-0.25, -0.2) is 19.9 Å². The first-order valence-electron chi connectivity index (χ1n) is 11.4. The summed E-state index contributed by atoms with van der Waals surface area (Å²) >= 11 is 0. The number of hydrogen-bond acceptors (Lipinski definition) is 9. The average Bonchev–Trinajstić information content (AvgIpc) is 3.31. The second-order valence-corrected chi connectivity index (χ2v) is 8.43. The van der Waals surface area contributed by atoms with Crippen molar-refractivity contribution < 1.29 is 14.3 Å². The third kappa shape index (κ3) is 4.70. The van der Waals surface area contributed by atoms with Gasteiger partial charge < -0.3 is 19.3 Å². The molecule has 5 rings (SSSR count). The maximum absolute atomic E-state index is 12.8. The molecule has 0 spiro atoms. The van der Waals surface area contributed by atoms with E-state index >= 15 is 0 Å². The van der Waals surface area contributed by atoms with Crippen LogP contribution in [0, 0.1) is 0 Å². The standard InChI is InChI=1S/C24H26N8O3/c1-15(2)35-21-11-17-18(12-27-21)29-30-23(17)16-4-5-25-20(10-16)31-6-8-32(9-7-31)24(33)19-13-28-22(34-3)14-26-19/h4-5,10-15H,6-9H2,1-3H3,(H,29,30). The van der Waals surface area contributed by atoms with Gasteiger partial charge in [0.05, 0.1) is 37.3 Å². The molecular weight excluding hydrogens is 448 g/mol. The predicted molar refractivity (Wildman–Crippen MR) is 130 cm³/mol. The molecule has 1 amide bonds. The summed E-state index contributed by atoms with van der Waals surface area (Å²) < 4.78 is 10.8. The lowest BCUT2D eigenvalue weighted by Crippen LogP contribution is -2.49. The van der Waals surface area contributed by atoms with Crippen molar-refractivity contribution in [3.63, 3.8) is 0 Å². The zero-order valence-corrected chi connectivity index (χ0v) is 19.8. The molecule has 0 aliphatic carbocycles. The third-order valence-electron chi connectivity index (χ3n) is 5.74. The van der Waals surface area contributed by atoms with E-state index in [9.17, 15) is 4.79 Å². The first-order valence-corrected chi connectivity index (χ1v) is 11.4. The Kier molecular flexibility index (Phi) is 6.13. The number of anilines is 1. The van der Waals surface area contributed by atoms with E-state index in [0.29, 0.717) is 43.6 Å². The molecule has 1 saturated heterocycles. The van der Waals surface area contributed by atoms with Crippen molar-refractivity contribution in [2.24, 2.45) is 0 Å². The largest absolute Gasteiger partial charge is 0.480 e. The van der Waals surface area contributed by atoms with E-state index in [0.717, 1.165) is 28.0 Å². The van der Waals surface area contributed by atoms with Gasteiger partial charge in [-0.3, -0.25) is 9.89 Å².